The molecular formula is C14H21NO2. The van der Waals surface area contributed by atoms with E-state index in [2.05, 4.69) is 0 Å². The van der Waals surface area contributed by atoms with E-state index in [0.29, 0.717) is 6.61 Å². The second-order valence-corrected chi connectivity index (χ2v) is 4.05. The molecule has 0 amide bonds. The number of benzene rings is 1. The van der Waals surface area contributed by atoms with E-state index in [1.54, 1.807) is 7.11 Å². The Balaban J connectivity index is 2.82. The first-order valence-corrected chi connectivity index (χ1v) is 5.83. The highest BCUT2D eigenvalue weighted by molar-refractivity contribution is 5.43. The monoisotopic (exact) mass is 235 g/mol. The zero-order chi connectivity index (χ0) is 12.7. The fourth-order valence-corrected chi connectivity index (χ4v) is 1.57. The van der Waals surface area contributed by atoms with Crippen LogP contribution < -0.4 is 15.2 Å². The fourth-order valence-electron chi connectivity index (χ4n) is 1.57. The summed E-state index contributed by atoms with van der Waals surface area (Å²) in [6.45, 7) is 4.51. The van der Waals surface area contributed by atoms with E-state index in [0.717, 1.165) is 23.5 Å². The van der Waals surface area contributed by atoms with Crippen LogP contribution in [0.2, 0.25) is 0 Å². The van der Waals surface area contributed by atoms with Crippen molar-refractivity contribution in [3.63, 3.8) is 0 Å². The van der Waals surface area contributed by atoms with E-state index in [-0.39, 0.29) is 6.04 Å². The maximum absolute atomic E-state index is 5.78. The number of rotatable bonds is 6. The molecule has 1 rings (SSSR count). The minimum Gasteiger partial charge on any atom is -0.493 e. The van der Waals surface area contributed by atoms with E-state index >= 15 is 0 Å². The van der Waals surface area contributed by atoms with Crippen LogP contribution in [-0.4, -0.2) is 19.8 Å². The van der Waals surface area contributed by atoms with Crippen molar-refractivity contribution in [3.8, 4) is 11.5 Å². The molecule has 1 aromatic rings. The van der Waals surface area contributed by atoms with Crippen LogP contribution in [0.4, 0.5) is 0 Å². The third-order valence-corrected chi connectivity index (χ3v) is 2.36. The Bertz CT molecular complexity index is 372. The summed E-state index contributed by atoms with van der Waals surface area (Å²) in [6, 6.07) is 6.07. The van der Waals surface area contributed by atoms with Crippen LogP contribution in [0, 0.1) is 0 Å². The zero-order valence-electron chi connectivity index (χ0n) is 10.8. The SMILES string of the molecule is C/C=C/COc1cc(CC(C)N)ccc1OC. The van der Waals surface area contributed by atoms with Gasteiger partial charge >= 0.3 is 0 Å². The van der Waals surface area contributed by atoms with Crippen molar-refractivity contribution >= 4 is 0 Å². The second-order valence-electron chi connectivity index (χ2n) is 4.05. The average Bonchev–Trinajstić information content (AvgIpc) is 2.29. The predicted octanol–water partition coefficient (Wildman–Crippen LogP) is 2.54. The smallest absolute Gasteiger partial charge is 0.161 e. The van der Waals surface area contributed by atoms with Crippen molar-refractivity contribution in [2.75, 3.05) is 13.7 Å². The first-order valence-electron chi connectivity index (χ1n) is 5.83. The van der Waals surface area contributed by atoms with Gasteiger partial charge in [0.2, 0.25) is 0 Å². The highest BCUT2D eigenvalue weighted by Gasteiger charge is 2.06. The lowest BCUT2D eigenvalue weighted by molar-refractivity contribution is 0.325. The minimum absolute atomic E-state index is 0.145. The van der Waals surface area contributed by atoms with Crippen LogP contribution in [0.1, 0.15) is 19.4 Å². The summed E-state index contributed by atoms with van der Waals surface area (Å²) in [4.78, 5) is 0. The van der Waals surface area contributed by atoms with E-state index in [9.17, 15) is 0 Å². The van der Waals surface area contributed by atoms with Crippen molar-refractivity contribution in [1.29, 1.82) is 0 Å². The number of ether oxygens (including phenoxy) is 2. The number of allylic oxidation sites excluding steroid dienone is 1. The number of methoxy groups -OCH3 is 1. The standard InChI is InChI=1S/C14H21NO2/c1-4-5-8-17-14-10-12(9-11(2)15)6-7-13(14)16-3/h4-7,10-11H,8-9,15H2,1-3H3/b5-4+. The van der Waals surface area contributed by atoms with Gasteiger partial charge < -0.3 is 15.2 Å². The van der Waals surface area contributed by atoms with Crippen LogP contribution in [0.3, 0.4) is 0 Å². The predicted molar refractivity (Wildman–Crippen MR) is 70.7 cm³/mol. The summed E-state index contributed by atoms with van der Waals surface area (Å²) in [7, 11) is 1.64. The molecule has 0 aromatic heterocycles. The van der Waals surface area contributed by atoms with Crippen molar-refractivity contribution in [1.82, 2.24) is 0 Å². The van der Waals surface area contributed by atoms with Crippen LogP contribution in [0.25, 0.3) is 0 Å². The second kappa shape index (κ2) is 6.97. The van der Waals surface area contributed by atoms with Crippen LogP contribution in [0.5, 0.6) is 11.5 Å². The molecular weight excluding hydrogens is 214 g/mol. The first-order chi connectivity index (χ1) is 8.17. The lowest BCUT2D eigenvalue weighted by atomic mass is 10.1. The molecule has 0 bridgehead atoms. The number of nitrogens with two attached hydrogens (primary N) is 1. The molecule has 0 fully saturated rings. The van der Waals surface area contributed by atoms with Gasteiger partial charge in [-0.1, -0.05) is 18.2 Å². The molecule has 1 atom stereocenters. The summed E-state index contributed by atoms with van der Waals surface area (Å²) in [5, 5.41) is 0. The van der Waals surface area contributed by atoms with Gasteiger partial charge in [0.05, 0.1) is 7.11 Å². The summed E-state index contributed by atoms with van der Waals surface area (Å²) >= 11 is 0. The lowest BCUT2D eigenvalue weighted by Crippen LogP contribution is -2.17. The number of hydrogen-bond acceptors (Lipinski definition) is 3. The van der Waals surface area contributed by atoms with Gasteiger partial charge in [-0.2, -0.15) is 0 Å². The van der Waals surface area contributed by atoms with Crippen molar-refractivity contribution < 1.29 is 9.47 Å². The molecule has 0 saturated carbocycles. The van der Waals surface area contributed by atoms with E-state index in [1.165, 1.54) is 0 Å². The van der Waals surface area contributed by atoms with Gasteiger partial charge in [0, 0.05) is 6.04 Å². The summed E-state index contributed by atoms with van der Waals surface area (Å²) in [5.74, 6) is 1.52. The quantitative estimate of drug-likeness (QED) is 0.771. The van der Waals surface area contributed by atoms with Crippen LogP contribution in [-0.2, 0) is 6.42 Å². The molecule has 0 aliphatic heterocycles. The van der Waals surface area contributed by atoms with Gasteiger partial charge in [0.15, 0.2) is 11.5 Å². The van der Waals surface area contributed by atoms with E-state index in [1.807, 2.05) is 44.2 Å². The molecule has 1 aromatic carbocycles. The van der Waals surface area contributed by atoms with Crippen molar-refractivity contribution in [2.45, 2.75) is 26.3 Å². The topological polar surface area (TPSA) is 44.5 Å². The van der Waals surface area contributed by atoms with Gasteiger partial charge in [-0.05, 0) is 38.0 Å². The Hall–Kier alpha value is -1.48. The van der Waals surface area contributed by atoms with E-state index < -0.39 is 0 Å². The molecule has 0 saturated heterocycles. The van der Waals surface area contributed by atoms with Gasteiger partial charge in [-0.15, -0.1) is 0 Å². The maximum Gasteiger partial charge on any atom is 0.161 e. The Labute approximate surface area is 103 Å². The average molecular weight is 235 g/mol. The molecule has 2 N–H and O–H groups in total. The third-order valence-electron chi connectivity index (χ3n) is 2.36. The fraction of sp³-hybridized carbons (Fsp3) is 0.429. The normalized spacial score (nSPS) is 12.7. The molecule has 3 heteroatoms. The molecule has 1 unspecified atom stereocenters. The molecule has 94 valence electrons. The largest absolute Gasteiger partial charge is 0.493 e. The Morgan fingerprint density at radius 1 is 1.35 bits per heavy atom. The van der Waals surface area contributed by atoms with Crippen LogP contribution >= 0.6 is 0 Å². The molecule has 0 spiro atoms. The zero-order valence-corrected chi connectivity index (χ0v) is 10.8. The molecule has 0 aliphatic rings. The molecule has 0 heterocycles. The highest BCUT2D eigenvalue weighted by Crippen LogP contribution is 2.28. The third kappa shape index (κ3) is 4.49. The minimum atomic E-state index is 0.145. The maximum atomic E-state index is 5.78. The van der Waals surface area contributed by atoms with E-state index in [4.69, 9.17) is 15.2 Å². The molecule has 3 nitrogen and oxygen atoms in total. The first kappa shape index (κ1) is 13.6. The Kier molecular flexibility index (Phi) is 5.57. The molecule has 0 aliphatic carbocycles. The van der Waals surface area contributed by atoms with Gasteiger partial charge in [0.1, 0.15) is 6.61 Å². The van der Waals surface area contributed by atoms with Gasteiger partial charge in [-0.3, -0.25) is 0 Å². The van der Waals surface area contributed by atoms with Gasteiger partial charge in [0.25, 0.3) is 0 Å². The summed E-state index contributed by atoms with van der Waals surface area (Å²) < 4.78 is 10.9. The Morgan fingerprint density at radius 2 is 2.12 bits per heavy atom. The van der Waals surface area contributed by atoms with Crippen molar-refractivity contribution in [2.24, 2.45) is 5.73 Å². The Morgan fingerprint density at radius 3 is 2.71 bits per heavy atom. The molecule has 17 heavy (non-hydrogen) atoms. The summed E-state index contributed by atoms with van der Waals surface area (Å²) in [6.07, 6.45) is 4.75. The van der Waals surface area contributed by atoms with Gasteiger partial charge in [-0.25, -0.2) is 0 Å². The molecule has 0 radical (unpaired) electrons. The van der Waals surface area contributed by atoms with Crippen LogP contribution in [0.15, 0.2) is 30.4 Å². The van der Waals surface area contributed by atoms with Crippen molar-refractivity contribution in [3.05, 3.63) is 35.9 Å². The highest BCUT2D eigenvalue weighted by atomic mass is 16.5. The summed E-state index contributed by atoms with van der Waals surface area (Å²) in [5.41, 5.74) is 6.95. The lowest BCUT2D eigenvalue weighted by Gasteiger charge is -2.12. The number of hydrogen-bond donors (Lipinski definition) is 1.